The van der Waals surface area contributed by atoms with E-state index >= 15 is 0 Å². The third-order valence-electron chi connectivity index (χ3n) is 2.69. The second-order valence-corrected chi connectivity index (χ2v) is 3.82. The van der Waals surface area contributed by atoms with Crippen LogP contribution >= 0.6 is 0 Å². The fourth-order valence-corrected chi connectivity index (χ4v) is 1.83. The van der Waals surface area contributed by atoms with E-state index in [1.54, 1.807) is 18.3 Å². The maximum Gasteiger partial charge on any atom is 0.354 e. The summed E-state index contributed by atoms with van der Waals surface area (Å²) in [6.45, 7) is 0. The molecule has 0 aliphatic carbocycles. The van der Waals surface area contributed by atoms with Crippen LogP contribution in [-0.4, -0.2) is 30.7 Å². The number of aromatic amines is 1. The summed E-state index contributed by atoms with van der Waals surface area (Å²) in [4.78, 5) is 18.0. The molecule has 0 spiro atoms. The molecular formula is C12H7N5O2. The summed E-state index contributed by atoms with van der Waals surface area (Å²) < 4.78 is 1.44. The van der Waals surface area contributed by atoms with Crippen LogP contribution in [0.4, 0.5) is 0 Å². The van der Waals surface area contributed by atoms with Gasteiger partial charge < -0.3 is 10.1 Å². The Balaban J connectivity index is 2.40. The lowest BCUT2D eigenvalue weighted by Gasteiger charge is -2.04. The number of hydrogen-bond acceptors (Lipinski definition) is 4. The largest absolute Gasteiger partial charge is 0.477 e. The third-order valence-corrected chi connectivity index (χ3v) is 2.69. The summed E-state index contributed by atoms with van der Waals surface area (Å²) in [7, 11) is 0. The standard InChI is InChI=1S/C12H7N5O2/c13-5-7-6-15-17-10(8-2-1-3-14-8)4-9(12(18)19)16-11(7)17/h1-4,6,14H,(H,18,19). The zero-order chi connectivity index (χ0) is 13.4. The molecule has 0 fully saturated rings. The van der Waals surface area contributed by atoms with E-state index in [2.05, 4.69) is 15.1 Å². The highest BCUT2D eigenvalue weighted by molar-refractivity contribution is 5.87. The fourth-order valence-electron chi connectivity index (χ4n) is 1.83. The molecule has 2 N–H and O–H groups in total. The minimum atomic E-state index is -1.15. The second kappa shape index (κ2) is 3.96. The van der Waals surface area contributed by atoms with Crippen molar-refractivity contribution in [3.05, 3.63) is 41.9 Å². The van der Waals surface area contributed by atoms with Crippen LogP contribution in [0.25, 0.3) is 17.0 Å². The summed E-state index contributed by atoms with van der Waals surface area (Å²) >= 11 is 0. The van der Waals surface area contributed by atoms with Crippen LogP contribution in [0.15, 0.2) is 30.6 Å². The molecule has 0 aromatic carbocycles. The Kier molecular flexibility index (Phi) is 2.29. The molecule has 3 rings (SSSR count). The Hall–Kier alpha value is -3.14. The van der Waals surface area contributed by atoms with Gasteiger partial charge in [-0.25, -0.2) is 14.3 Å². The lowest BCUT2D eigenvalue weighted by atomic mass is 10.2. The minimum absolute atomic E-state index is 0.130. The number of nitrogens with one attached hydrogen (secondary N) is 1. The zero-order valence-electron chi connectivity index (χ0n) is 9.53. The quantitative estimate of drug-likeness (QED) is 0.715. The molecule has 3 aromatic rings. The number of fused-ring (bicyclic) bond motifs is 1. The van der Waals surface area contributed by atoms with Crippen LogP contribution < -0.4 is 0 Å². The predicted molar refractivity (Wildman–Crippen MR) is 64.4 cm³/mol. The minimum Gasteiger partial charge on any atom is -0.477 e. The zero-order valence-corrected chi connectivity index (χ0v) is 9.53. The van der Waals surface area contributed by atoms with Gasteiger partial charge in [-0.05, 0) is 18.2 Å². The summed E-state index contributed by atoms with van der Waals surface area (Å²) in [5, 5.41) is 22.1. The average Bonchev–Trinajstić information content (AvgIpc) is 3.06. The molecule has 3 aromatic heterocycles. The number of nitrogens with zero attached hydrogens (tertiary/aromatic N) is 4. The Morgan fingerprint density at radius 3 is 3.00 bits per heavy atom. The highest BCUT2D eigenvalue weighted by atomic mass is 16.4. The Morgan fingerprint density at radius 1 is 1.53 bits per heavy atom. The van der Waals surface area contributed by atoms with Crippen molar-refractivity contribution >= 4 is 11.6 Å². The molecule has 0 saturated carbocycles. The van der Waals surface area contributed by atoms with Gasteiger partial charge in [0.2, 0.25) is 0 Å². The highest BCUT2D eigenvalue weighted by Crippen LogP contribution is 2.20. The number of rotatable bonds is 2. The summed E-state index contributed by atoms with van der Waals surface area (Å²) in [5.41, 5.74) is 1.56. The van der Waals surface area contributed by atoms with E-state index < -0.39 is 5.97 Å². The van der Waals surface area contributed by atoms with Crippen molar-refractivity contribution in [3.8, 4) is 17.5 Å². The topological polar surface area (TPSA) is 107 Å². The normalized spacial score (nSPS) is 10.5. The number of carboxylic acid groups (broad SMARTS) is 1. The number of H-pyrrole nitrogens is 1. The van der Waals surface area contributed by atoms with Gasteiger partial charge in [0.1, 0.15) is 11.6 Å². The van der Waals surface area contributed by atoms with Crippen molar-refractivity contribution in [1.29, 1.82) is 5.26 Å². The average molecular weight is 253 g/mol. The lowest BCUT2D eigenvalue weighted by Crippen LogP contribution is -2.06. The Bertz CT molecular complexity index is 811. The lowest BCUT2D eigenvalue weighted by molar-refractivity contribution is 0.0690. The van der Waals surface area contributed by atoms with Crippen molar-refractivity contribution in [1.82, 2.24) is 19.6 Å². The molecule has 7 heteroatoms. The van der Waals surface area contributed by atoms with E-state index in [0.29, 0.717) is 11.4 Å². The first kappa shape index (κ1) is 11.0. The molecule has 19 heavy (non-hydrogen) atoms. The van der Waals surface area contributed by atoms with Gasteiger partial charge in [-0.2, -0.15) is 10.4 Å². The van der Waals surface area contributed by atoms with Gasteiger partial charge in [-0.3, -0.25) is 0 Å². The fraction of sp³-hybridized carbons (Fsp3) is 0. The Labute approximate surface area is 106 Å². The third kappa shape index (κ3) is 1.63. The van der Waals surface area contributed by atoms with E-state index in [4.69, 9.17) is 10.4 Å². The van der Waals surface area contributed by atoms with E-state index in [1.807, 2.05) is 6.07 Å². The van der Waals surface area contributed by atoms with Gasteiger partial charge in [0.25, 0.3) is 0 Å². The summed E-state index contributed by atoms with van der Waals surface area (Å²) in [6.07, 6.45) is 3.08. The second-order valence-electron chi connectivity index (χ2n) is 3.82. The number of carboxylic acids is 1. The van der Waals surface area contributed by atoms with Crippen LogP contribution in [0.2, 0.25) is 0 Å². The molecule has 0 unspecified atom stereocenters. The molecule has 0 aliphatic heterocycles. The van der Waals surface area contributed by atoms with E-state index in [0.717, 1.165) is 0 Å². The van der Waals surface area contributed by atoms with Crippen molar-refractivity contribution in [2.24, 2.45) is 0 Å². The van der Waals surface area contributed by atoms with Gasteiger partial charge in [-0.1, -0.05) is 0 Å². The molecule has 92 valence electrons. The predicted octanol–water partition coefficient (Wildman–Crippen LogP) is 1.29. The van der Waals surface area contributed by atoms with Crippen LogP contribution in [0, 0.1) is 11.3 Å². The van der Waals surface area contributed by atoms with E-state index in [1.165, 1.54) is 16.8 Å². The molecule has 0 atom stereocenters. The summed E-state index contributed by atoms with van der Waals surface area (Å²) in [5.74, 6) is -1.15. The first-order valence-electron chi connectivity index (χ1n) is 5.36. The molecule has 0 saturated heterocycles. The maximum absolute atomic E-state index is 11.1. The van der Waals surface area contributed by atoms with Crippen molar-refractivity contribution in [3.63, 3.8) is 0 Å². The van der Waals surface area contributed by atoms with Gasteiger partial charge in [0.15, 0.2) is 11.3 Å². The molecule has 0 amide bonds. The van der Waals surface area contributed by atoms with Gasteiger partial charge in [-0.15, -0.1) is 0 Å². The molecule has 0 aliphatic rings. The van der Waals surface area contributed by atoms with Crippen LogP contribution in [0.1, 0.15) is 16.1 Å². The highest BCUT2D eigenvalue weighted by Gasteiger charge is 2.16. The summed E-state index contributed by atoms with van der Waals surface area (Å²) in [6, 6.07) is 6.93. The smallest absolute Gasteiger partial charge is 0.354 e. The number of aromatic nitrogens is 4. The monoisotopic (exact) mass is 253 g/mol. The number of nitriles is 1. The number of hydrogen-bond donors (Lipinski definition) is 2. The molecule has 0 radical (unpaired) electrons. The van der Waals surface area contributed by atoms with Crippen molar-refractivity contribution < 1.29 is 9.90 Å². The van der Waals surface area contributed by atoms with E-state index in [-0.39, 0.29) is 16.9 Å². The van der Waals surface area contributed by atoms with Crippen molar-refractivity contribution in [2.45, 2.75) is 0 Å². The van der Waals surface area contributed by atoms with Crippen LogP contribution in [0.5, 0.6) is 0 Å². The Morgan fingerprint density at radius 2 is 2.37 bits per heavy atom. The molecule has 7 nitrogen and oxygen atoms in total. The number of carbonyl (C=O) groups is 1. The first-order valence-corrected chi connectivity index (χ1v) is 5.36. The number of aromatic carboxylic acids is 1. The molecular weight excluding hydrogens is 246 g/mol. The molecule has 3 heterocycles. The maximum atomic E-state index is 11.1. The van der Waals surface area contributed by atoms with Gasteiger partial charge in [0.05, 0.1) is 17.6 Å². The van der Waals surface area contributed by atoms with Crippen LogP contribution in [-0.2, 0) is 0 Å². The SMILES string of the molecule is N#Cc1cnn2c(-c3ccc[nH]3)cc(C(=O)O)nc12. The van der Waals surface area contributed by atoms with Gasteiger partial charge >= 0.3 is 5.97 Å². The van der Waals surface area contributed by atoms with E-state index in [9.17, 15) is 4.79 Å². The molecule has 0 bridgehead atoms. The first-order chi connectivity index (χ1) is 9.20. The van der Waals surface area contributed by atoms with Crippen LogP contribution in [0.3, 0.4) is 0 Å². The van der Waals surface area contributed by atoms with Gasteiger partial charge in [0, 0.05) is 6.20 Å². The van der Waals surface area contributed by atoms with Crippen molar-refractivity contribution in [2.75, 3.05) is 0 Å².